The van der Waals surface area contributed by atoms with Gasteiger partial charge in [0.05, 0.1) is 18.7 Å². The summed E-state index contributed by atoms with van der Waals surface area (Å²) in [5.74, 6) is 0.599. The summed E-state index contributed by atoms with van der Waals surface area (Å²) in [5, 5.41) is 3.79. The lowest BCUT2D eigenvalue weighted by atomic mass is 10.0. The van der Waals surface area contributed by atoms with Crippen molar-refractivity contribution in [2.45, 2.75) is 25.4 Å². The Balaban J connectivity index is 1.59. The maximum Gasteiger partial charge on any atom is 0.230 e. The molecule has 1 aromatic carbocycles. The molecule has 1 amide bonds. The van der Waals surface area contributed by atoms with Gasteiger partial charge in [0.2, 0.25) is 5.91 Å². The fourth-order valence-corrected chi connectivity index (χ4v) is 2.93. The highest BCUT2D eigenvalue weighted by molar-refractivity contribution is 5.78. The molecule has 134 valence electrons. The van der Waals surface area contributed by atoms with Crippen LogP contribution in [0.3, 0.4) is 0 Å². The van der Waals surface area contributed by atoms with Gasteiger partial charge in [-0.1, -0.05) is 11.2 Å². The molecule has 1 aliphatic rings. The molecule has 0 spiro atoms. The Hall–Kier alpha value is -2.41. The average Bonchev–Trinajstić information content (AvgIpc) is 3.20. The number of nitrogens with zero attached hydrogens (tertiary/aromatic N) is 2. The van der Waals surface area contributed by atoms with Gasteiger partial charge < -0.3 is 18.9 Å². The summed E-state index contributed by atoms with van der Waals surface area (Å²) >= 11 is 0. The van der Waals surface area contributed by atoms with Crippen LogP contribution in [-0.4, -0.2) is 48.4 Å². The molecule has 3 rings (SSSR count). The van der Waals surface area contributed by atoms with Gasteiger partial charge in [0.15, 0.2) is 0 Å². The molecular formula is C18H21FN2O4. The molecule has 2 aromatic rings. The SMILES string of the molecule is COC1(COc2cccc(F)c2)CCN(C(=O)Cc2cc(C)no2)C1. The third-order valence-corrected chi connectivity index (χ3v) is 4.40. The lowest BCUT2D eigenvalue weighted by Gasteiger charge is -2.27. The molecule has 7 heteroatoms. The van der Waals surface area contributed by atoms with E-state index in [1.165, 1.54) is 12.1 Å². The maximum absolute atomic E-state index is 13.2. The second-order valence-electron chi connectivity index (χ2n) is 6.31. The Labute approximate surface area is 145 Å². The van der Waals surface area contributed by atoms with E-state index < -0.39 is 5.60 Å². The molecule has 1 unspecified atom stereocenters. The zero-order chi connectivity index (χ0) is 17.9. The van der Waals surface area contributed by atoms with Crippen molar-refractivity contribution in [1.82, 2.24) is 10.1 Å². The fourth-order valence-electron chi connectivity index (χ4n) is 2.93. The average molecular weight is 348 g/mol. The maximum atomic E-state index is 13.2. The van der Waals surface area contributed by atoms with Crippen LogP contribution in [-0.2, 0) is 16.0 Å². The predicted octanol–water partition coefficient (Wildman–Crippen LogP) is 2.36. The third kappa shape index (κ3) is 4.17. The Kier molecular flexibility index (Phi) is 5.03. The van der Waals surface area contributed by atoms with E-state index in [1.807, 2.05) is 6.92 Å². The van der Waals surface area contributed by atoms with Crippen LogP contribution in [0.1, 0.15) is 17.9 Å². The summed E-state index contributed by atoms with van der Waals surface area (Å²) in [7, 11) is 1.60. The summed E-state index contributed by atoms with van der Waals surface area (Å²) in [4.78, 5) is 14.2. The minimum Gasteiger partial charge on any atom is -0.490 e. The van der Waals surface area contributed by atoms with Crippen LogP contribution in [0.2, 0.25) is 0 Å². The molecule has 0 radical (unpaired) electrons. The minimum absolute atomic E-state index is 0.0409. The summed E-state index contributed by atoms with van der Waals surface area (Å²) in [6.07, 6.45) is 0.825. The number of amides is 1. The van der Waals surface area contributed by atoms with Crippen LogP contribution < -0.4 is 4.74 Å². The van der Waals surface area contributed by atoms with Crippen LogP contribution in [0.4, 0.5) is 4.39 Å². The van der Waals surface area contributed by atoms with Crippen LogP contribution in [0.25, 0.3) is 0 Å². The Morgan fingerprint density at radius 1 is 1.44 bits per heavy atom. The number of halogens is 1. The van der Waals surface area contributed by atoms with Crippen molar-refractivity contribution in [3.8, 4) is 5.75 Å². The topological polar surface area (TPSA) is 64.8 Å². The van der Waals surface area contributed by atoms with Crippen molar-refractivity contribution in [3.63, 3.8) is 0 Å². The summed E-state index contributed by atoms with van der Waals surface area (Å²) < 4.78 is 29.7. The van der Waals surface area contributed by atoms with Gasteiger partial charge in [0.25, 0.3) is 0 Å². The van der Waals surface area contributed by atoms with E-state index in [0.29, 0.717) is 31.0 Å². The van der Waals surface area contributed by atoms with Gasteiger partial charge >= 0.3 is 0 Å². The largest absolute Gasteiger partial charge is 0.490 e. The van der Waals surface area contributed by atoms with E-state index >= 15 is 0 Å². The number of aryl methyl sites for hydroxylation is 1. The first kappa shape index (κ1) is 17.4. The van der Waals surface area contributed by atoms with Gasteiger partial charge in [0, 0.05) is 25.8 Å². The smallest absolute Gasteiger partial charge is 0.230 e. The van der Waals surface area contributed by atoms with E-state index in [9.17, 15) is 9.18 Å². The van der Waals surface area contributed by atoms with Crippen molar-refractivity contribution in [3.05, 3.63) is 47.6 Å². The quantitative estimate of drug-likeness (QED) is 0.802. The van der Waals surface area contributed by atoms with Gasteiger partial charge in [-0.2, -0.15) is 0 Å². The Morgan fingerprint density at radius 2 is 2.28 bits per heavy atom. The number of likely N-dealkylation sites (tertiary alicyclic amines) is 1. The number of methoxy groups -OCH3 is 1. The molecule has 6 nitrogen and oxygen atoms in total. The van der Waals surface area contributed by atoms with E-state index in [2.05, 4.69) is 5.16 Å². The number of hydrogen-bond donors (Lipinski definition) is 0. The van der Waals surface area contributed by atoms with E-state index in [-0.39, 0.29) is 24.8 Å². The van der Waals surface area contributed by atoms with Gasteiger partial charge in [-0.15, -0.1) is 0 Å². The molecule has 1 atom stereocenters. The molecule has 25 heavy (non-hydrogen) atoms. The summed E-state index contributed by atoms with van der Waals surface area (Å²) in [6.45, 7) is 3.06. The summed E-state index contributed by atoms with van der Waals surface area (Å²) in [5.41, 5.74) is 0.151. The number of carbonyl (C=O) groups excluding carboxylic acids is 1. The molecule has 1 aromatic heterocycles. The minimum atomic E-state index is -0.598. The van der Waals surface area contributed by atoms with Gasteiger partial charge in [-0.05, 0) is 25.5 Å². The molecule has 0 saturated carbocycles. The first-order valence-electron chi connectivity index (χ1n) is 8.13. The Morgan fingerprint density at radius 3 is 2.96 bits per heavy atom. The molecule has 0 N–H and O–H groups in total. The van der Waals surface area contributed by atoms with E-state index in [1.54, 1.807) is 30.2 Å². The van der Waals surface area contributed by atoms with Crippen molar-refractivity contribution in [2.75, 3.05) is 26.8 Å². The molecule has 1 aliphatic heterocycles. The second-order valence-corrected chi connectivity index (χ2v) is 6.31. The van der Waals surface area contributed by atoms with Gasteiger partial charge in [-0.3, -0.25) is 4.79 Å². The first-order chi connectivity index (χ1) is 12.0. The highest BCUT2D eigenvalue weighted by atomic mass is 19.1. The molecule has 1 saturated heterocycles. The van der Waals surface area contributed by atoms with Gasteiger partial charge in [0.1, 0.15) is 29.5 Å². The van der Waals surface area contributed by atoms with Crippen LogP contribution in [0.15, 0.2) is 34.9 Å². The van der Waals surface area contributed by atoms with Crippen molar-refractivity contribution >= 4 is 5.91 Å². The lowest BCUT2D eigenvalue weighted by Crippen LogP contribution is -2.42. The predicted molar refractivity (Wildman–Crippen MR) is 87.8 cm³/mol. The molecular weight excluding hydrogens is 327 g/mol. The van der Waals surface area contributed by atoms with Crippen LogP contribution >= 0.6 is 0 Å². The number of ether oxygens (including phenoxy) is 2. The van der Waals surface area contributed by atoms with Crippen molar-refractivity contribution in [1.29, 1.82) is 0 Å². The fraction of sp³-hybridized carbons (Fsp3) is 0.444. The normalized spacial score (nSPS) is 20.0. The number of hydrogen-bond acceptors (Lipinski definition) is 5. The molecule has 0 aliphatic carbocycles. The third-order valence-electron chi connectivity index (χ3n) is 4.40. The molecule has 2 heterocycles. The number of benzene rings is 1. The zero-order valence-corrected chi connectivity index (χ0v) is 14.3. The van der Waals surface area contributed by atoms with E-state index in [0.717, 1.165) is 5.69 Å². The highest BCUT2D eigenvalue weighted by Crippen LogP contribution is 2.27. The highest BCUT2D eigenvalue weighted by Gasteiger charge is 2.41. The lowest BCUT2D eigenvalue weighted by molar-refractivity contribution is -0.131. The first-order valence-corrected chi connectivity index (χ1v) is 8.13. The Bertz CT molecular complexity index is 748. The molecule has 0 bridgehead atoms. The van der Waals surface area contributed by atoms with Crippen molar-refractivity contribution in [2.24, 2.45) is 0 Å². The van der Waals surface area contributed by atoms with E-state index in [4.69, 9.17) is 14.0 Å². The standard InChI is InChI=1S/C18H21FN2O4/c1-13-8-16(25-20-13)10-17(22)21-7-6-18(11-21,23-2)12-24-15-5-3-4-14(19)9-15/h3-5,8-9H,6-7,10-12H2,1-2H3. The van der Waals surface area contributed by atoms with Gasteiger partial charge in [-0.25, -0.2) is 4.39 Å². The van der Waals surface area contributed by atoms with Crippen LogP contribution in [0.5, 0.6) is 5.75 Å². The molecule has 1 fully saturated rings. The zero-order valence-electron chi connectivity index (χ0n) is 14.3. The summed E-state index contributed by atoms with van der Waals surface area (Å²) in [6, 6.07) is 7.72. The number of carbonyl (C=O) groups is 1. The monoisotopic (exact) mass is 348 g/mol. The van der Waals surface area contributed by atoms with Crippen molar-refractivity contribution < 1.29 is 23.2 Å². The second kappa shape index (κ2) is 7.23. The number of aromatic nitrogens is 1. The number of rotatable bonds is 6. The van der Waals surface area contributed by atoms with Crippen LogP contribution in [0, 0.1) is 12.7 Å².